The third-order valence-corrected chi connectivity index (χ3v) is 7.54. The normalized spacial score (nSPS) is 29.5. The predicted molar refractivity (Wildman–Crippen MR) is 118 cm³/mol. The van der Waals surface area contributed by atoms with Gasteiger partial charge in [0.15, 0.2) is 0 Å². The summed E-state index contributed by atoms with van der Waals surface area (Å²) in [6, 6.07) is 6.34. The maximum Gasteiger partial charge on any atom is 0.228 e. The molecule has 3 fully saturated rings. The molecule has 3 aliphatic rings. The minimum Gasteiger partial charge on any atom is -0.497 e. The van der Waals surface area contributed by atoms with Crippen LogP contribution in [0.15, 0.2) is 18.2 Å². The van der Waals surface area contributed by atoms with Gasteiger partial charge in [0.05, 0.1) is 43.3 Å². The number of H-pyrrole nitrogens is 1. The number of methoxy groups -OCH3 is 1. The summed E-state index contributed by atoms with van der Waals surface area (Å²) in [5.74, 6) is 2.16. The Kier molecular flexibility index (Phi) is 5.86. The van der Waals surface area contributed by atoms with Gasteiger partial charge in [0.2, 0.25) is 5.91 Å². The van der Waals surface area contributed by atoms with Crippen LogP contribution in [0.4, 0.5) is 0 Å². The molecule has 31 heavy (non-hydrogen) atoms. The molecule has 1 aromatic heterocycles. The van der Waals surface area contributed by atoms with Crippen molar-refractivity contribution in [2.24, 2.45) is 11.3 Å². The van der Waals surface area contributed by atoms with Crippen molar-refractivity contribution >= 4 is 16.9 Å². The van der Waals surface area contributed by atoms with Gasteiger partial charge >= 0.3 is 0 Å². The average Bonchev–Trinajstić information content (AvgIpc) is 3.24. The topological polar surface area (TPSA) is 91.5 Å². The maximum atomic E-state index is 13.5. The number of hydrogen-bond acceptors (Lipinski definition) is 6. The van der Waals surface area contributed by atoms with Crippen LogP contribution in [-0.4, -0.2) is 73.3 Å². The summed E-state index contributed by atoms with van der Waals surface area (Å²) in [7, 11) is 1.65. The van der Waals surface area contributed by atoms with Crippen LogP contribution in [-0.2, 0) is 16.1 Å². The number of piperidine rings is 1. The van der Waals surface area contributed by atoms with E-state index < -0.39 is 0 Å². The number of imidazole rings is 1. The quantitative estimate of drug-likeness (QED) is 0.672. The fraction of sp³-hybridized carbons (Fsp3) is 0.652. The lowest BCUT2D eigenvalue weighted by Gasteiger charge is -2.50. The van der Waals surface area contributed by atoms with E-state index in [-0.39, 0.29) is 11.3 Å². The summed E-state index contributed by atoms with van der Waals surface area (Å²) in [4.78, 5) is 24.0. The van der Waals surface area contributed by atoms with Gasteiger partial charge in [0.1, 0.15) is 11.6 Å². The largest absolute Gasteiger partial charge is 0.497 e. The summed E-state index contributed by atoms with van der Waals surface area (Å²) in [6.45, 7) is 5.89. The molecule has 3 heterocycles. The second-order valence-corrected chi connectivity index (χ2v) is 9.14. The summed E-state index contributed by atoms with van der Waals surface area (Å²) in [5.41, 5.74) is 1.49. The molecule has 0 spiro atoms. The van der Waals surface area contributed by atoms with E-state index in [2.05, 4.69) is 25.5 Å². The zero-order valence-corrected chi connectivity index (χ0v) is 18.3. The Hall–Kier alpha value is -2.16. The molecule has 1 amide bonds. The van der Waals surface area contributed by atoms with Gasteiger partial charge in [0.25, 0.3) is 0 Å². The Morgan fingerprint density at radius 2 is 2.23 bits per heavy atom. The highest BCUT2D eigenvalue weighted by molar-refractivity contribution is 5.84. The van der Waals surface area contributed by atoms with E-state index in [0.29, 0.717) is 18.5 Å². The minimum atomic E-state index is -0.309. The number of amides is 1. The molecule has 8 heteroatoms. The number of rotatable bonds is 5. The number of carbonyl (C=O) groups excluding carboxylic acids is 1. The number of aromatic amines is 1. The van der Waals surface area contributed by atoms with E-state index in [0.717, 1.165) is 87.7 Å². The van der Waals surface area contributed by atoms with Gasteiger partial charge in [0, 0.05) is 31.7 Å². The predicted octanol–water partition coefficient (Wildman–Crippen LogP) is 1.67. The average molecular weight is 428 g/mol. The number of ether oxygens (including phenoxy) is 2. The van der Waals surface area contributed by atoms with Crippen LogP contribution >= 0.6 is 0 Å². The van der Waals surface area contributed by atoms with Gasteiger partial charge in [-0.15, -0.1) is 0 Å². The lowest BCUT2D eigenvalue weighted by molar-refractivity contribution is -0.140. The fourth-order valence-corrected chi connectivity index (χ4v) is 5.76. The van der Waals surface area contributed by atoms with Crippen LogP contribution in [0, 0.1) is 11.3 Å². The van der Waals surface area contributed by atoms with Crippen molar-refractivity contribution in [3.63, 3.8) is 0 Å². The van der Waals surface area contributed by atoms with Crippen molar-refractivity contribution in [3.05, 3.63) is 24.0 Å². The Labute approximate surface area is 183 Å². The van der Waals surface area contributed by atoms with E-state index in [9.17, 15) is 4.79 Å². The molecule has 0 unspecified atom stereocenters. The first-order valence-electron chi connectivity index (χ1n) is 11.5. The number of aromatic nitrogens is 2. The number of nitrogens with zero attached hydrogens (tertiary/aromatic N) is 2. The summed E-state index contributed by atoms with van der Waals surface area (Å²) >= 11 is 0. The molecular formula is C23H33N5O3. The lowest BCUT2D eigenvalue weighted by Crippen LogP contribution is -2.60. The zero-order valence-electron chi connectivity index (χ0n) is 18.3. The molecule has 8 nitrogen and oxygen atoms in total. The first kappa shape index (κ1) is 20.7. The number of fused-ring (bicyclic) bond motifs is 2. The summed E-state index contributed by atoms with van der Waals surface area (Å²) in [6.07, 6.45) is 4.20. The smallest absolute Gasteiger partial charge is 0.228 e. The minimum absolute atomic E-state index is 0.170. The van der Waals surface area contributed by atoms with Gasteiger partial charge in [-0.2, -0.15) is 0 Å². The highest BCUT2D eigenvalue weighted by atomic mass is 16.5. The molecule has 0 radical (unpaired) electrons. The van der Waals surface area contributed by atoms with Gasteiger partial charge < -0.3 is 25.1 Å². The molecule has 0 bridgehead atoms. The highest BCUT2D eigenvalue weighted by Gasteiger charge is 2.50. The number of benzene rings is 1. The molecule has 1 saturated carbocycles. The third kappa shape index (κ3) is 4.04. The zero-order chi connectivity index (χ0) is 21.3. The van der Waals surface area contributed by atoms with Gasteiger partial charge in [-0.3, -0.25) is 9.69 Å². The molecule has 1 aromatic carbocycles. The van der Waals surface area contributed by atoms with Crippen molar-refractivity contribution in [3.8, 4) is 5.75 Å². The van der Waals surface area contributed by atoms with Crippen molar-refractivity contribution in [2.75, 3.05) is 46.5 Å². The Morgan fingerprint density at radius 1 is 1.35 bits per heavy atom. The Bertz CT molecular complexity index is 925. The fourth-order valence-electron chi connectivity index (χ4n) is 5.76. The highest BCUT2D eigenvalue weighted by Crippen LogP contribution is 2.46. The van der Waals surface area contributed by atoms with Gasteiger partial charge in [-0.1, -0.05) is 0 Å². The van der Waals surface area contributed by atoms with E-state index in [4.69, 9.17) is 9.47 Å². The van der Waals surface area contributed by atoms with Gasteiger partial charge in [-0.25, -0.2) is 4.98 Å². The number of nitrogens with one attached hydrogen (secondary N) is 3. The van der Waals surface area contributed by atoms with E-state index in [1.165, 1.54) is 0 Å². The molecule has 2 saturated heterocycles. The standard InChI is InChI=1S/C23H33N5O3/c1-30-18-2-3-19-20(13-18)27-21(26-19)14-25-22(29)23-6-4-17(28-8-10-31-11-9-28)12-16(23)5-7-24-15-23/h2-3,13,16-17,24H,4-12,14-15H2,1H3,(H,25,29)(H,26,27)/t16-,17+,23-/m1/s1. The maximum absolute atomic E-state index is 13.5. The summed E-state index contributed by atoms with van der Waals surface area (Å²) in [5, 5.41) is 6.71. The van der Waals surface area contributed by atoms with E-state index >= 15 is 0 Å². The SMILES string of the molecule is COc1ccc2nc(CNC(=O)[C@@]34CC[C@H](N5CCOCC5)C[C@H]3CCNC4)[nH]c2c1. The number of hydrogen-bond donors (Lipinski definition) is 3. The van der Waals surface area contributed by atoms with Crippen molar-refractivity contribution < 1.29 is 14.3 Å². The summed E-state index contributed by atoms with van der Waals surface area (Å²) < 4.78 is 10.8. The second-order valence-electron chi connectivity index (χ2n) is 9.14. The van der Waals surface area contributed by atoms with Crippen LogP contribution < -0.4 is 15.4 Å². The van der Waals surface area contributed by atoms with Crippen LogP contribution in [0.5, 0.6) is 5.75 Å². The van der Waals surface area contributed by atoms with Crippen LogP contribution in [0.1, 0.15) is 31.5 Å². The molecule has 2 aliphatic heterocycles. The first-order chi connectivity index (χ1) is 15.2. The Balaban J connectivity index is 1.26. The van der Waals surface area contributed by atoms with Crippen molar-refractivity contribution in [1.29, 1.82) is 0 Å². The molecular weight excluding hydrogens is 394 g/mol. The molecule has 3 atom stereocenters. The third-order valence-electron chi connectivity index (χ3n) is 7.54. The molecule has 3 N–H and O–H groups in total. The number of morpholine rings is 1. The van der Waals surface area contributed by atoms with E-state index in [1.807, 2.05) is 18.2 Å². The monoisotopic (exact) mass is 427 g/mol. The van der Waals surface area contributed by atoms with Crippen LogP contribution in [0.3, 0.4) is 0 Å². The lowest BCUT2D eigenvalue weighted by atomic mass is 9.61. The molecule has 1 aliphatic carbocycles. The van der Waals surface area contributed by atoms with Gasteiger partial charge in [-0.05, 0) is 50.3 Å². The van der Waals surface area contributed by atoms with Crippen LogP contribution in [0.25, 0.3) is 11.0 Å². The Morgan fingerprint density at radius 3 is 3.06 bits per heavy atom. The first-order valence-corrected chi connectivity index (χ1v) is 11.5. The molecule has 2 aromatic rings. The van der Waals surface area contributed by atoms with Crippen molar-refractivity contribution in [2.45, 2.75) is 38.3 Å². The molecule has 168 valence electrons. The molecule has 5 rings (SSSR count). The number of carbonyl (C=O) groups is 1. The van der Waals surface area contributed by atoms with Crippen molar-refractivity contribution in [1.82, 2.24) is 25.5 Å². The van der Waals surface area contributed by atoms with E-state index in [1.54, 1.807) is 7.11 Å². The van der Waals surface area contributed by atoms with Crippen LogP contribution in [0.2, 0.25) is 0 Å². The second kappa shape index (κ2) is 8.76.